The van der Waals surface area contributed by atoms with E-state index in [4.69, 9.17) is 0 Å². The topological polar surface area (TPSA) is 100 Å². The summed E-state index contributed by atoms with van der Waals surface area (Å²) in [4.78, 5) is 29.9. The lowest BCUT2D eigenvalue weighted by molar-refractivity contribution is -0.118. The van der Waals surface area contributed by atoms with Crippen molar-refractivity contribution >= 4 is 17.7 Å². The number of nitrogens with one attached hydrogen (secondary N) is 1. The zero-order valence-electron chi connectivity index (χ0n) is 19.1. The molecule has 0 aliphatic heterocycles. The molecule has 2 atom stereocenters. The van der Waals surface area contributed by atoms with Crippen LogP contribution in [0.4, 0.5) is 19.3 Å². The minimum Gasteiger partial charge on any atom is -0.465 e. The first-order valence-corrected chi connectivity index (χ1v) is 10.3. The Hall–Kier alpha value is -3.56. The number of nitrogens with zero attached hydrogens (tertiary/aromatic N) is 4. The highest BCUT2D eigenvalue weighted by Gasteiger charge is 2.34. The molecule has 2 rings (SSSR count). The number of rotatable bonds is 9. The van der Waals surface area contributed by atoms with Crippen LogP contribution in [-0.2, 0) is 4.79 Å². The second-order valence-electron chi connectivity index (χ2n) is 8.48. The van der Waals surface area contributed by atoms with E-state index in [9.17, 15) is 23.5 Å². The van der Waals surface area contributed by atoms with Crippen molar-refractivity contribution in [2.45, 2.75) is 52.2 Å². The number of alkyl halides is 2. The summed E-state index contributed by atoms with van der Waals surface area (Å²) in [6.07, 6.45) is 4.72. The normalized spacial score (nSPS) is 13.3. The van der Waals surface area contributed by atoms with Gasteiger partial charge in [0.1, 0.15) is 5.69 Å². The summed E-state index contributed by atoms with van der Waals surface area (Å²) in [5, 5.41) is 16.2. The SMILES string of the molecule is C=CC[C@@H](c1ccnc(-c2c(NC(=O)C(C)C=C)cnn2C(F)F)c1)N(C(=O)O)C(C)(C)C. The molecule has 0 aromatic carbocycles. The molecule has 1 unspecified atom stereocenters. The molecule has 10 heteroatoms. The van der Waals surface area contributed by atoms with Gasteiger partial charge in [-0.15, -0.1) is 13.2 Å². The first-order valence-electron chi connectivity index (χ1n) is 10.3. The molecule has 0 radical (unpaired) electrons. The van der Waals surface area contributed by atoms with Crippen LogP contribution in [-0.4, -0.2) is 42.3 Å². The van der Waals surface area contributed by atoms with E-state index in [2.05, 4.69) is 28.6 Å². The summed E-state index contributed by atoms with van der Waals surface area (Å²) >= 11 is 0. The van der Waals surface area contributed by atoms with Crippen LogP contribution in [0, 0.1) is 5.92 Å². The number of hydrogen-bond donors (Lipinski definition) is 2. The van der Waals surface area contributed by atoms with E-state index in [-0.39, 0.29) is 17.1 Å². The second-order valence-corrected chi connectivity index (χ2v) is 8.48. The maximum absolute atomic E-state index is 13.7. The quantitative estimate of drug-likeness (QED) is 0.481. The monoisotopic (exact) mass is 461 g/mol. The van der Waals surface area contributed by atoms with E-state index < -0.39 is 36.0 Å². The molecule has 0 saturated heterocycles. The Morgan fingerprint density at radius 1 is 1.33 bits per heavy atom. The summed E-state index contributed by atoms with van der Waals surface area (Å²) in [5.41, 5.74) is -0.124. The van der Waals surface area contributed by atoms with Gasteiger partial charge < -0.3 is 10.4 Å². The van der Waals surface area contributed by atoms with Crippen molar-refractivity contribution in [3.05, 3.63) is 55.4 Å². The van der Waals surface area contributed by atoms with Gasteiger partial charge in [0, 0.05) is 11.7 Å². The molecule has 178 valence electrons. The van der Waals surface area contributed by atoms with Crippen LogP contribution in [0.2, 0.25) is 0 Å². The van der Waals surface area contributed by atoms with Crippen molar-refractivity contribution in [2.75, 3.05) is 5.32 Å². The van der Waals surface area contributed by atoms with E-state index >= 15 is 0 Å². The highest BCUT2D eigenvalue weighted by Crippen LogP contribution is 2.35. The highest BCUT2D eigenvalue weighted by atomic mass is 19.3. The van der Waals surface area contributed by atoms with Crippen molar-refractivity contribution < 1.29 is 23.5 Å². The number of carbonyl (C=O) groups excluding carboxylic acids is 1. The molecule has 2 aromatic heterocycles. The Bertz CT molecular complexity index is 1030. The first-order chi connectivity index (χ1) is 15.4. The smallest absolute Gasteiger partial charge is 0.408 e. The van der Waals surface area contributed by atoms with Gasteiger partial charge in [-0.3, -0.25) is 14.7 Å². The molecule has 0 aliphatic rings. The van der Waals surface area contributed by atoms with Crippen LogP contribution in [0.5, 0.6) is 0 Å². The molecule has 2 heterocycles. The number of halogens is 2. The number of carboxylic acid groups (broad SMARTS) is 1. The van der Waals surface area contributed by atoms with Gasteiger partial charge in [0.2, 0.25) is 5.91 Å². The van der Waals surface area contributed by atoms with Crippen LogP contribution >= 0.6 is 0 Å². The van der Waals surface area contributed by atoms with Gasteiger partial charge in [0.15, 0.2) is 0 Å². The second kappa shape index (κ2) is 10.4. The summed E-state index contributed by atoms with van der Waals surface area (Å²) in [5.74, 6) is -0.995. The van der Waals surface area contributed by atoms with Gasteiger partial charge in [-0.2, -0.15) is 18.6 Å². The molecule has 2 aromatic rings. The Morgan fingerprint density at radius 3 is 2.52 bits per heavy atom. The summed E-state index contributed by atoms with van der Waals surface area (Å²) in [6, 6.07) is 2.52. The maximum atomic E-state index is 13.7. The molecule has 0 bridgehead atoms. The van der Waals surface area contributed by atoms with Crippen LogP contribution in [0.1, 0.15) is 52.3 Å². The number of pyridine rings is 1. The van der Waals surface area contributed by atoms with Gasteiger partial charge in [-0.1, -0.05) is 19.1 Å². The minimum atomic E-state index is -2.98. The summed E-state index contributed by atoms with van der Waals surface area (Å²) in [7, 11) is 0. The maximum Gasteiger partial charge on any atom is 0.408 e. The predicted molar refractivity (Wildman–Crippen MR) is 122 cm³/mol. The van der Waals surface area contributed by atoms with Crippen molar-refractivity contribution in [3.8, 4) is 11.4 Å². The largest absolute Gasteiger partial charge is 0.465 e. The number of aromatic nitrogens is 3. The number of carbonyl (C=O) groups is 2. The minimum absolute atomic E-state index is 0.0600. The van der Waals surface area contributed by atoms with E-state index in [0.717, 1.165) is 6.20 Å². The van der Waals surface area contributed by atoms with E-state index in [1.165, 1.54) is 23.2 Å². The lowest BCUT2D eigenvalue weighted by atomic mass is 9.96. The predicted octanol–water partition coefficient (Wildman–Crippen LogP) is 5.50. The van der Waals surface area contributed by atoms with Crippen molar-refractivity contribution in [1.82, 2.24) is 19.7 Å². The van der Waals surface area contributed by atoms with Gasteiger partial charge in [0.05, 0.1) is 29.5 Å². The fourth-order valence-corrected chi connectivity index (χ4v) is 3.43. The van der Waals surface area contributed by atoms with Gasteiger partial charge >= 0.3 is 12.6 Å². The van der Waals surface area contributed by atoms with E-state index in [1.54, 1.807) is 39.8 Å². The molecule has 2 N–H and O–H groups in total. The Kier molecular flexibility index (Phi) is 8.08. The zero-order chi connectivity index (χ0) is 24.9. The van der Waals surface area contributed by atoms with Gasteiger partial charge in [-0.25, -0.2) is 4.79 Å². The lowest BCUT2D eigenvalue weighted by Gasteiger charge is -2.39. The van der Waals surface area contributed by atoms with Gasteiger partial charge in [-0.05, 0) is 44.9 Å². The first kappa shape index (κ1) is 25.7. The fourth-order valence-electron chi connectivity index (χ4n) is 3.43. The van der Waals surface area contributed by atoms with E-state index in [1.807, 2.05) is 0 Å². The molecule has 0 fully saturated rings. The third-order valence-corrected chi connectivity index (χ3v) is 5.05. The number of anilines is 1. The standard InChI is InChI=1S/C23H29F2N5O3/c1-7-9-18(29(22(32)33)23(4,5)6)15-10-11-26-16(12-15)19-17(13-27-30(19)21(24)25)28-20(31)14(3)8-2/h7-8,10-14,18,21H,1-2,9H2,3-6H3,(H,28,31)(H,32,33)/t14?,18-/m0/s1. The van der Waals surface area contributed by atoms with Crippen LogP contribution in [0.3, 0.4) is 0 Å². The molecule has 0 aliphatic carbocycles. The number of amides is 2. The van der Waals surface area contributed by atoms with Crippen molar-refractivity contribution in [3.63, 3.8) is 0 Å². The Labute approximate surface area is 191 Å². The Balaban J connectivity index is 2.63. The molecule has 8 nitrogen and oxygen atoms in total. The summed E-state index contributed by atoms with van der Waals surface area (Å²) < 4.78 is 27.9. The van der Waals surface area contributed by atoms with Crippen molar-refractivity contribution in [2.24, 2.45) is 5.92 Å². The average Bonchev–Trinajstić information content (AvgIpc) is 3.15. The van der Waals surface area contributed by atoms with Gasteiger partial charge in [0.25, 0.3) is 0 Å². The average molecular weight is 462 g/mol. The van der Waals surface area contributed by atoms with Crippen LogP contribution < -0.4 is 5.32 Å². The molecule has 0 spiro atoms. The lowest BCUT2D eigenvalue weighted by Crippen LogP contribution is -2.47. The van der Waals surface area contributed by atoms with Crippen LogP contribution in [0.15, 0.2) is 49.8 Å². The van der Waals surface area contributed by atoms with E-state index in [0.29, 0.717) is 16.7 Å². The Morgan fingerprint density at radius 2 is 2.00 bits per heavy atom. The third kappa shape index (κ3) is 5.82. The highest BCUT2D eigenvalue weighted by molar-refractivity contribution is 5.96. The number of hydrogen-bond acceptors (Lipinski definition) is 4. The molecular formula is C23H29F2N5O3. The zero-order valence-corrected chi connectivity index (χ0v) is 19.1. The fraction of sp³-hybridized carbons (Fsp3) is 0.391. The molecular weight excluding hydrogens is 432 g/mol. The third-order valence-electron chi connectivity index (χ3n) is 5.05. The van der Waals surface area contributed by atoms with Crippen LogP contribution in [0.25, 0.3) is 11.4 Å². The van der Waals surface area contributed by atoms with Crippen molar-refractivity contribution in [1.29, 1.82) is 0 Å². The summed E-state index contributed by atoms with van der Waals surface area (Å²) in [6.45, 7) is 11.2. The molecule has 2 amide bonds. The molecule has 33 heavy (non-hydrogen) atoms. The molecule has 0 saturated carbocycles.